The third-order valence-corrected chi connectivity index (χ3v) is 2.04. The highest BCUT2D eigenvalue weighted by molar-refractivity contribution is 9.10. The summed E-state index contributed by atoms with van der Waals surface area (Å²) in [7, 11) is 0. The van der Waals surface area contributed by atoms with Crippen molar-refractivity contribution in [3.63, 3.8) is 0 Å². The van der Waals surface area contributed by atoms with Gasteiger partial charge < -0.3 is 5.73 Å². The van der Waals surface area contributed by atoms with Crippen LogP contribution in [0.15, 0.2) is 22.9 Å². The molecular formula is C7H7BrF2N2. The minimum Gasteiger partial charge on any atom is -0.325 e. The van der Waals surface area contributed by atoms with E-state index in [0.29, 0.717) is 0 Å². The van der Waals surface area contributed by atoms with Gasteiger partial charge in [0.25, 0.3) is 5.92 Å². The zero-order chi connectivity index (χ0) is 9.19. The molecule has 0 saturated carbocycles. The van der Waals surface area contributed by atoms with Crippen molar-refractivity contribution in [2.45, 2.75) is 5.92 Å². The molecule has 0 bridgehead atoms. The number of hydrogen-bond acceptors (Lipinski definition) is 2. The van der Waals surface area contributed by atoms with Gasteiger partial charge in [-0.15, -0.1) is 0 Å². The third-order valence-electron chi connectivity index (χ3n) is 1.41. The van der Waals surface area contributed by atoms with Crippen LogP contribution in [0.2, 0.25) is 0 Å². The zero-order valence-electron chi connectivity index (χ0n) is 6.10. The second kappa shape index (κ2) is 3.45. The van der Waals surface area contributed by atoms with Crippen molar-refractivity contribution in [2.24, 2.45) is 5.73 Å². The lowest BCUT2D eigenvalue weighted by Gasteiger charge is -2.14. The number of hydrogen-bond donors (Lipinski definition) is 1. The lowest BCUT2D eigenvalue weighted by atomic mass is 10.1. The second-order valence-corrected chi connectivity index (χ2v) is 3.00. The number of pyridine rings is 1. The Morgan fingerprint density at radius 1 is 1.58 bits per heavy atom. The molecule has 0 aliphatic heterocycles. The van der Waals surface area contributed by atoms with E-state index in [-0.39, 0.29) is 10.2 Å². The summed E-state index contributed by atoms with van der Waals surface area (Å²) in [5.74, 6) is -3.01. The highest BCUT2D eigenvalue weighted by Gasteiger charge is 2.31. The lowest BCUT2D eigenvalue weighted by Crippen LogP contribution is -2.25. The van der Waals surface area contributed by atoms with Gasteiger partial charge >= 0.3 is 0 Å². The van der Waals surface area contributed by atoms with Gasteiger partial charge in [0.1, 0.15) is 4.60 Å². The SMILES string of the molecule is NCC(F)(F)c1cccnc1Br. The molecule has 0 aliphatic rings. The quantitative estimate of drug-likeness (QED) is 0.797. The van der Waals surface area contributed by atoms with E-state index in [4.69, 9.17) is 5.73 Å². The minimum atomic E-state index is -3.01. The predicted octanol–water partition coefficient (Wildman–Crippen LogP) is 1.89. The van der Waals surface area contributed by atoms with Crippen LogP contribution in [0.1, 0.15) is 5.56 Å². The second-order valence-electron chi connectivity index (χ2n) is 2.25. The monoisotopic (exact) mass is 236 g/mol. The fraction of sp³-hybridized carbons (Fsp3) is 0.286. The Hall–Kier alpha value is -0.550. The van der Waals surface area contributed by atoms with Crippen molar-refractivity contribution >= 4 is 15.9 Å². The fourth-order valence-electron chi connectivity index (χ4n) is 0.769. The molecule has 0 fully saturated rings. The molecule has 1 aromatic heterocycles. The molecule has 1 rings (SSSR count). The molecule has 0 atom stereocenters. The van der Waals surface area contributed by atoms with E-state index in [9.17, 15) is 8.78 Å². The Kier molecular flexibility index (Phi) is 2.74. The first-order valence-electron chi connectivity index (χ1n) is 3.27. The third kappa shape index (κ3) is 1.78. The van der Waals surface area contributed by atoms with Crippen LogP contribution in [0.4, 0.5) is 8.78 Å². The van der Waals surface area contributed by atoms with E-state index >= 15 is 0 Å². The number of nitrogens with two attached hydrogens (primary N) is 1. The normalized spacial score (nSPS) is 11.7. The molecule has 0 aliphatic carbocycles. The molecule has 0 amide bonds. The average Bonchev–Trinajstić information content (AvgIpc) is 2.05. The summed E-state index contributed by atoms with van der Waals surface area (Å²) in [6.45, 7) is -0.711. The number of alkyl halides is 2. The number of nitrogens with zero attached hydrogens (tertiary/aromatic N) is 1. The van der Waals surface area contributed by atoms with Crippen molar-refractivity contribution in [2.75, 3.05) is 6.54 Å². The van der Waals surface area contributed by atoms with Crippen LogP contribution in [-0.4, -0.2) is 11.5 Å². The largest absolute Gasteiger partial charge is 0.325 e. The van der Waals surface area contributed by atoms with Crippen LogP contribution in [0.5, 0.6) is 0 Å². The first-order valence-corrected chi connectivity index (χ1v) is 4.06. The Labute approximate surface area is 76.9 Å². The summed E-state index contributed by atoms with van der Waals surface area (Å²) in [5, 5.41) is 0. The van der Waals surface area contributed by atoms with E-state index < -0.39 is 12.5 Å². The summed E-state index contributed by atoms with van der Waals surface area (Å²) < 4.78 is 26.0. The first kappa shape index (κ1) is 9.54. The van der Waals surface area contributed by atoms with Gasteiger partial charge in [-0.3, -0.25) is 0 Å². The molecule has 66 valence electrons. The van der Waals surface area contributed by atoms with E-state index in [1.54, 1.807) is 0 Å². The van der Waals surface area contributed by atoms with Crippen molar-refractivity contribution < 1.29 is 8.78 Å². The standard InChI is InChI=1S/C7H7BrF2N2/c8-6-5(2-1-3-12-6)7(9,10)4-11/h1-3H,4,11H2. The van der Waals surface area contributed by atoms with Gasteiger partial charge in [-0.25, -0.2) is 4.98 Å². The first-order chi connectivity index (χ1) is 5.58. The number of aromatic nitrogens is 1. The fourth-order valence-corrected chi connectivity index (χ4v) is 1.31. The van der Waals surface area contributed by atoms with E-state index in [0.717, 1.165) is 0 Å². The predicted molar refractivity (Wildman–Crippen MR) is 44.9 cm³/mol. The van der Waals surface area contributed by atoms with Crippen LogP contribution in [-0.2, 0) is 5.92 Å². The maximum absolute atomic E-state index is 13.0. The molecule has 12 heavy (non-hydrogen) atoms. The van der Waals surface area contributed by atoms with Crippen LogP contribution in [0, 0.1) is 0 Å². The van der Waals surface area contributed by atoms with E-state index in [1.165, 1.54) is 18.3 Å². The summed E-state index contributed by atoms with van der Waals surface area (Å²) in [6, 6.07) is 2.74. The van der Waals surface area contributed by atoms with Gasteiger partial charge in [-0.2, -0.15) is 8.78 Å². The maximum Gasteiger partial charge on any atom is 0.287 e. The highest BCUT2D eigenvalue weighted by Crippen LogP contribution is 2.30. The summed E-state index contributed by atoms with van der Waals surface area (Å²) in [6.07, 6.45) is 1.43. The minimum absolute atomic E-state index is 0.139. The van der Waals surface area contributed by atoms with Gasteiger partial charge in [0.05, 0.1) is 12.1 Å². The van der Waals surface area contributed by atoms with Gasteiger partial charge in [-0.1, -0.05) is 0 Å². The van der Waals surface area contributed by atoms with Gasteiger partial charge in [0.2, 0.25) is 0 Å². The topological polar surface area (TPSA) is 38.9 Å². The molecule has 1 aromatic rings. The smallest absolute Gasteiger partial charge is 0.287 e. The molecule has 0 unspecified atom stereocenters. The molecular weight excluding hydrogens is 230 g/mol. The molecule has 2 N–H and O–H groups in total. The van der Waals surface area contributed by atoms with Gasteiger partial charge in [-0.05, 0) is 28.1 Å². The van der Waals surface area contributed by atoms with E-state index in [1.807, 2.05) is 0 Å². The summed E-state index contributed by atoms with van der Waals surface area (Å²) in [4.78, 5) is 3.67. The van der Waals surface area contributed by atoms with Crippen LogP contribution in [0.25, 0.3) is 0 Å². The molecule has 0 saturated heterocycles. The van der Waals surface area contributed by atoms with Gasteiger partial charge in [0.15, 0.2) is 0 Å². The van der Waals surface area contributed by atoms with Crippen LogP contribution < -0.4 is 5.73 Å². The van der Waals surface area contributed by atoms with Crippen molar-refractivity contribution in [1.82, 2.24) is 4.98 Å². The summed E-state index contributed by atoms with van der Waals surface area (Å²) in [5.41, 5.74) is 4.73. The molecule has 0 radical (unpaired) electrons. The van der Waals surface area contributed by atoms with Crippen molar-refractivity contribution in [1.29, 1.82) is 0 Å². The zero-order valence-corrected chi connectivity index (χ0v) is 7.68. The van der Waals surface area contributed by atoms with Crippen LogP contribution in [0.3, 0.4) is 0 Å². The molecule has 0 spiro atoms. The Morgan fingerprint density at radius 3 is 2.75 bits per heavy atom. The molecule has 1 heterocycles. The Balaban J connectivity index is 3.10. The van der Waals surface area contributed by atoms with E-state index in [2.05, 4.69) is 20.9 Å². The van der Waals surface area contributed by atoms with Gasteiger partial charge in [0, 0.05) is 6.20 Å². The highest BCUT2D eigenvalue weighted by atomic mass is 79.9. The van der Waals surface area contributed by atoms with Crippen LogP contribution >= 0.6 is 15.9 Å². The van der Waals surface area contributed by atoms with Crippen molar-refractivity contribution in [3.05, 3.63) is 28.5 Å². The molecule has 0 aromatic carbocycles. The Bertz CT molecular complexity index is 278. The molecule has 5 heteroatoms. The maximum atomic E-state index is 13.0. The lowest BCUT2D eigenvalue weighted by molar-refractivity contribution is 0.00479. The summed E-state index contributed by atoms with van der Waals surface area (Å²) >= 11 is 2.93. The number of rotatable bonds is 2. The Morgan fingerprint density at radius 2 is 2.25 bits per heavy atom. The molecule has 2 nitrogen and oxygen atoms in total. The number of halogens is 3. The average molecular weight is 237 g/mol. The van der Waals surface area contributed by atoms with Crippen molar-refractivity contribution in [3.8, 4) is 0 Å².